The van der Waals surface area contributed by atoms with Crippen LogP contribution in [0.1, 0.15) is 11.1 Å². The van der Waals surface area contributed by atoms with Crippen LogP contribution in [-0.2, 0) is 0 Å². The molecule has 0 aromatic heterocycles. The lowest BCUT2D eigenvalue weighted by molar-refractivity contribution is 1.55. The van der Waals surface area contributed by atoms with Crippen LogP contribution in [0.25, 0.3) is 5.57 Å². The average Bonchev–Trinajstić information content (AvgIpc) is 2.30. The maximum Gasteiger partial charge on any atom is -0.0178 e. The molecule has 0 nitrogen and oxygen atoms in total. The standard InChI is InChI=1S/C14H11/c1-12(13-8-4-2-5-9-13)14-10-6-3-7-11-14/h2-6,8-11H,1H2. The van der Waals surface area contributed by atoms with Crippen LogP contribution in [0.15, 0.2) is 61.2 Å². The summed E-state index contributed by atoms with van der Waals surface area (Å²) < 4.78 is 0. The number of hydrogen-bond donors (Lipinski definition) is 0. The molecule has 0 spiro atoms. The fourth-order valence-electron chi connectivity index (χ4n) is 1.39. The molecule has 0 saturated carbocycles. The predicted octanol–water partition coefficient (Wildman–Crippen LogP) is 3.55. The second-order valence-electron chi connectivity index (χ2n) is 3.14. The van der Waals surface area contributed by atoms with Crippen molar-refractivity contribution in [1.29, 1.82) is 0 Å². The predicted molar refractivity (Wildman–Crippen MR) is 59.9 cm³/mol. The molecular formula is C14H11. The molecule has 1 radical (unpaired) electrons. The van der Waals surface area contributed by atoms with Gasteiger partial charge in [-0.25, -0.2) is 0 Å². The first-order chi connectivity index (χ1) is 6.88. The molecule has 2 rings (SSSR count). The lowest BCUT2D eigenvalue weighted by Gasteiger charge is -2.04. The van der Waals surface area contributed by atoms with E-state index in [-0.39, 0.29) is 0 Å². The lowest BCUT2D eigenvalue weighted by Crippen LogP contribution is -1.84. The molecule has 0 saturated heterocycles. The third-order valence-electron chi connectivity index (χ3n) is 2.18. The summed E-state index contributed by atoms with van der Waals surface area (Å²) in [5.74, 6) is 0. The van der Waals surface area contributed by atoms with E-state index in [9.17, 15) is 0 Å². The Morgan fingerprint density at radius 3 is 2.29 bits per heavy atom. The van der Waals surface area contributed by atoms with Gasteiger partial charge in [-0.15, -0.1) is 0 Å². The zero-order valence-corrected chi connectivity index (χ0v) is 7.90. The molecule has 0 fully saturated rings. The Morgan fingerprint density at radius 2 is 1.64 bits per heavy atom. The topological polar surface area (TPSA) is 0 Å². The van der Waals surface area contributed by atoms with Gasteiger partial charge in [-0.05, 0) is 28.8 Å². The minimum absolute atomic E-state index is 1.04. The Kier molecular flexibility index (Phi) is 2.46. The summed E-state index contributed by atoms with van der Waals surface area (Å²) in [5.41, 5.74) is 3.33. The fourth-order valence-corrected chi connectivity index (χ4v) is 1.39. The molecule has 0 N–H and O–H groups in total. The molecule has 0 bridgehead atoms. The van der Waals surface area contributed by atoms with Crippen LogP contribution in [0.5, 0.6) is 0 Å². The number of rotatable bonds is 2. The Hall–Kier alpha value is -1.82. The molecule has 0 heteroatoms. The Labute approximate surface area is 84.5 Å². The first-order valence-corrected chi connectivity index (χ1v) is 4.59. The van der Waals surface area contributed by atoms with Crippen LogP contribution in [0.3, 0.4) is 0 Å². The van der Waals surface area contributed by atoms with E-state index in [2.05, 4.69) is 24.8 Å². The zero-order chi connectivity index (χ0) is 9.80. The van der Waals surface area contributed by atoms with Gasteiger partial charge in [-0.3, -0.25) is 0 Å². The first kappa shape index (κ1) is 8.76. The van der Waals surface area contributed by atoms with Crippen LogP contribution in [-0.4, -0.2) is 0 Å². The highest BCUT2D eigenvalue weighted by molar-refractivity contribution is 5.77. The van der Waals surface area contributed by atoms with Gasteiger partial charge in [0, 0.05) is 0 Å². The molecule has 0 atom stereocenters. The van der Waals surface area contributed by atoms with Crippen molar-refractivity contribution in [3.63, 3.8) is 0 Å². The van der Waals surface area contributed by atoms with E-state index in [0.717, 1.165) is 16.7 Å². The molecule has 0 heterocycles. The quantitative estimate of drug-likeness (QED) is 0.661. The third-order valence-corrected chi connectivity index (χ3v) is 2.18. The summed E-state index contributed by atoms with van der Waals surface area (Å²) in [6.07, 6.45) is 0. The van der Waals surface area contributed by atoms with Gasteiger partial charge in [-0.2, -0.15) is 0 Å². The van der Waals surface area contributed by atoms with E-state index < -0.39 is 0 Å². The van der Waals surface area contributed by atoms with Crippen molar-refractivity contribution in [1.82, 2.24) is 0 Å². The minimum Gasteiger partial charge on any atom is -0.0906 e. The van der Waals surface area contributed by atoms with E-state index in [1.807, 2.05) is 42.5 Å². The van der Waals surface area contributed by atoms with Crippen molar-refractivity contribution in [3.05, 3.63) is 78.4 Å². The molecule has 67 valence electrons. The van der Waals surface area contributed by atoms with Gasteiger partial charge in [0.1, 0.15) is 0 Å². The van der Waals surface area contributed by atoms with E-state index in [1.54, 1.807) is 0 Å². The highest BCUT2D eigenvalue weighted by atomic mass is 14.0. The van der Waals surface area contributed by atoms with E-state index in [1.165, 1.54) is 0 Å². The number of hydrogen-bond acceptors (Lipinski definition) is 0. The van der Waals surface area contributed by atoms with Crippen LogP contribution in [0.2, 0.25) is 0 Å². The average molecular weight is 179 g/mol. The van der Waals surface area contributed by atoms with Crippen molar-refractivity contribution < 1.29 is 0 Å². The minimum atomic E-state index is 1.04. The summed E-state index contributed by atoms with van der Waals surface area (Å²) in [6.45, 7) is 4.08. The first-order valence-electron chi connectivity index (χ1n) is 4.59. The highest BCUT2D eigenvalue weighted by Gasteiger charge is 1.99. The van der Waals surface area contributed by atoms with Crippen LogP contribution >= 0.6 is 0 Å². The Morgan fingerprint density at radius 1 is 0.929 bits per heavy atom. The maximum absolute atomic E-state index is 4.08. The molecule has 0 amide bonds. The monoisotopic (exact) mass is 179 g/mol. The molecule has 0 aliphatic carbocycles. The zero-order valence-electron chi connectivity index (χ0n) is 7.90. The molecule has 0 aliphatic rings. The van der Waals surface area contributed by atoms with E-state index in [0.29, 0.717) is 0 Å². The van der Waals surface area contributed by atoms with E-state index in [4.69, 9.17) is 0 Å². The highest BCUT2D eigenvalue weighted by Crippen LogP contribution is 2.20. The molecule has 0 aliphatic heterocycles. The van der Waals surface area contributed by atoms with Crippen molar-refractivity contribution in [2.24, 2.45) is 0 Å². The van der Waals surface area contributed by atoms with Gasteiger partial charge in [0.15, 0.2) is 0 Å². The summed E-state index contributed by atoms with van der Waals surface area (Å²) in [4.78, 5) is 0. The van der Waals surface area contributed by atoms with Gasteiger partial charge < -0.3 is 0 Å². The normalized spacial score (nSPS) is 9.71. The summed E-state index contributed by atoms with van der Waals surface area (Å²) in [6, 6.07) is 21.1. The van der Waals surface area contributed by atoms with Crippen molar-refractivity contribution in [3.8, 4) is 0 Å². The summed E-state index contributed by atoms with van der Waals surface area (Å²) in [5, 5.41) is 0. The van der Waals surface area contributed by atoms with Crippen molar-refractivity contribution in [2.45, 2.75) is 0 Å². The van der Waals surface area contributed by atoms with Gasteiger partial charge in [0.25, 0.3) is 0 Å². The lowest BCUT2D eigenvalue weighted by atomic mass is 10.0. The molecular weight excluding hydrogens is 168 g/mol. The molecule has 14 heavy (non-hydrogen) atoms. The smallest absolute Gasteiger partial charge is 0.0178 e. The van der Waals surface area contributed by atoms with Crippen molar-refractivity contribution >= 4 is 5.57 Å². The van der Waals surface area contributed by atoms with Gasteiger partial charge in [-0.1, -0.05) is 55.1 Å². The summed E-state index contributed by atoms with van der Waals surface area (Å²) in [7, 11) is 0. The Balaban J connectivity index is 2.35. The van der Waals surface area contributed by atoms with Crippen LogP contribution in [0, 0.1) is 6.07 Å². The number of benzene rings is 2. The second-order valence-corrected chi connectivity index (χ2v) is 3.14. The SMILES string of the molecule is C=C(c1c[c]ccc1)c1ccccc1. The molecule has 0 unspecified atom stereocenters. The molecule has 2 aromatic carbocycles. The fraction of sp³-hybridized carbons (Fsp3) is 0. The largest absolute Gasteiger partial charge is 0.0906 e. The maximum atomic E-state index is 4.08. The van der Waals surface area contributed by atoms with Gasteiger partial charge in [0.05, 0.1) is 0 Å². The summed E-state index contributed by atoms with van der Waals surface area (Å²) >= 11 is 0. The third kappa shape index (κ3) is 1.74. The van der Waals surface area contributed by atoms with Crippen LogP contribution < -0.4 is 0 Å². The molecule has 2 aromatic rings. The van der Waals surface area contributed by atoms with Crippen LogP contribution in [0.4, 0.5) is 0 Å². The second kappa shape index (κ2) is 3.93. The van der Waals surface area contributed by atoms with E-state index >= 15 is 0 Å². The van der Waals surface area contributed by atoms with Gasteiger partial charge >= 0.3 is 0 Å². The van der Waals surface area contributed by atoms with Crippen molar-refractivity contribution in [2.75, 3.05) is 0 Å². The van der Waals surface area contributed by atoms with Gasteiger partial charge in [0.2, 0.25) is 0 Å². The Bertz CT molecular complexity index is 371.